The summed E-state index contributed by atoms with van der Waals surface area (Å²) in [6, 6.07) is -0.630. The number of allylic oxidation sites excluding steroid dienone is 9. The molecule has 0 saturated heterocycles. The average Bonchev–Trinajstić information content (AvgIpc) is 3.60. The third kappa shape index (κ3) is 76.6. The summed E-state index contributed by atoms with van der Waals surface area (Å²) in [6.45, 7) is 4.92. The first-order valence-corrected chi connectivity index (χ1v) is 41.6. The van der Waals surface area contributed by atoms with Crippen molar-refractivity contribution >= 4 is 11.9 Å². The van der Waals surface area contributed by atoms with E-state index in [1.807, 2.05) is 6.08 Å². The van der Waals surface area contributed by atoms with Crippen molar-refractivity contribution < 1.29 is 24.5 Å². The van der Waals surface area contributed by atoms with Gasteiger partial charge in [0.2, 0.25) is 5.91 Å². The van der Waals surface area contributed by atoms with Crippen LogP contribution in [0.2, 0.25) is 0 Å². The van der Waals surface area contributed by atoms with Gasteiger partial charge < -0.3 is 20.3 Å². The third-order valence-electron chi connectivity index (χ3n) is 19.3. The Morgan fingerprint density at radius 2 is 0.543 bits per heavy atom. The minimum atomic E-state index is -0.847. The molecule has 2 unspecified atom stereocenters. The predicted molar refractivity (Wildman–Crippen MR) is 407 cm³/mol. The van der Waals surface area contributed by atoms with Crippen LogP contribution in [0.5, 0.6) is 0 Å². The molecule has 0 bridgehead atoms. The maximum absolute atomic E-state index is 12.6. The van der Waals surface area contributed by atoms with Crippen molar-refractivity contribution in [1.29, 1.82) is 0 Å². The Kier molecular flexibility index (Phi) is 78.8. The first kappa shape index (κ1) is 89.6. The van der Waals surface area contributed by atoms with E-state index in [-0.39, 0.29) is 18.5 Å². The van der Waals surface area contributed by atoms with E-state index < -0.39 is 12.1 Å². The summed E-state index contributed by atoms with van der Waals surface area (Å²) >= 11 is 0. The highest BCUT2D eigenvalue weighted by molar-refractivity contribution is 5.76. The molecule has 92 heavy (non-hydrogen) atoms. The van der Waals surface area contributed by atoms with Crippen molar-refractivity contribution in [3.05, 3.63) is 60.8 Å². The van der Waals surface area contributed by atoms with E-state index in [1.165, 1.54) is 366 Å². The van der Waals surface area contributed by atoms with Crippen molar-refractivity contribution in [2.24, 2.45) is 0 Å². The Hall–Kier alpha value is -2.44. The van der Waals surface area contributed by atoms with Crippen LogP contribution in [0.25, 0.3) is 0 Å². The zero-order valence-electron chi connectivity index (χ0n) is 62.0. The fourth-order valence-corrected chi connectivity index (χ4v) is 12.9. The molecular weight excluding hydrogens is 1130 g/mol. The Bertz CT molecular complexity index is 1580. The van der Waals surface area contributed by atoms with Crippen LogP contribution >= 0.6 is 0 Å². The lowest BCUT2D eigenvalue weighted by molar-refractivity contribution is -0.143. The molecule has 540 valence electrons. The lowest BCUT2D eigenvalue weighted by Gasteiger charge is -2.20. The van der Waals surface area contributed by atoms with E-state index in [2.05, 4.69) is 67.8 Å². The molecule has 0 aromatic rings. The lowest BCUT2D eigenvalue weighted by atomic mass is 10.0. The zero-order chi connectivity index (χ0) is 66.3. The monoisotopic (exact) mass is 1290 g/mol. The molecule has 0 fully saturated rings. The van der Waals surface area contributed by atoms with Gasteiger partial charge in [0.15, 0.2) is 0 Å². The number of aliphatic hydroxyl groups is 2. The number of aliphatic hydroxyl groups excluding tert-OH is 2. The van der Waals surface area contributed by atoms with Crippen molar-refractivity contribution in [3.8, 4) is 0 Å². The summed E-state index contributed by atoms with van der Waals surface area (Å²) in [5.41, 5.74) is 0. The fraction of sp³-hybridized carbons (Fsp3) is 0.860. The molecular formula is C86H161NO5. The molecule has 0 aliphatic heterocycles. The normalized spacial score (nSPS) is 12.8. The molecule has 0 radical (unpaired) electrons. The number of hydrogen-bond acceptors (Lipinski definition) is 5. The minimum absolute atomic E-state index is 0.00956. The van der Waals surface area contributed by atoms with Crippen LogP contribution in [-0.4, -0.2) is 47.4 Å². The predicted octanol–water partition coefficient (Wildman–Crippen LogP) is 27.7. The molecule has 0 rings (SSSR count). The zero-order valence-corrected chi connectivity index (χ0v) is 62.0. The van der Waals surface area contributed by atoms with Crippen molar-refractivity contribution in [2.45, 2.75) is 463 Å². The molecule has 0 spiro atoms. The van der Waals surface area contributed by atoms with E-state index in [0.717, 1.165) is 57.8 Å². The second-order valence-corrected chi connectivity index (χ2v) is 28.4. The van der Waals surface area contributed by atoms with Crippen molar-refractivity contribution in [3.63, 3.8) is 0 Å². The molecule has 1 amide bonds. The molecule has 6 nitrogen and oxygen atoms in total. The lowest BCUT2D eigenvalue weighted by Crippen LogP contribution is -2.45. The summed E-state index contributed by atoms with van der Waals surface area (Å²) in [7, 11) is 0. The van der Waals surface area contributed by atoms with Crippen LogP contribution in [-0.2, 0) is 14.3 Å². The van der Waals surface area contributed by atoms with Gasteiger partial charge in [0.1, 0.15) is 0 Å². The van der Waals surface area contributed by atoms with Gasteiger partial charge in [0, 0.05) is 12.8 Å². The molecule has 3 N–H and O–H groups in total. The molecule has 0 saturated carbocycles. The summed E-state index contributed by atoms with van der Waals surface area (Å²) in [6.07, 6.45) is 109. The molecule has 0 heterocycles. The van der Waals surface area contributed by atoms with E-state index in [9.17, 15) is 19.8 Å². The number of hydrogen-bond donors (Lipinski definition) is 3. The molecule has 0 aromatic carbocycles. The van der Waals surface area contributed by atoms with Crippen LogP contribution in [0, 0.1) is 0 Å². The first-order chi connectivity index (χ1) is 45.5. The molecule has 0 aliphatic rings. The first-order valence-electron chi connectivity index (χ1n) is 41.6. The minimum Gasteiger partial charge on any atom is -0.466 e. The summed E-state index contributed by atoms with van der Waals surface area (Å²) in [5, 5.41) is 23.3. The van der Waals surface area contributed by atoms with Gasteiger partial charge in [0.05, 0.1) is 25.4 Å². The van der Waals surface area contributed by atoms with Crippen molar-refractivity contribution in [2.75, 3.05) is 13.2 Å². The molecule has 6 heteroatoms. The van der Waals surface area contributed by atoms with E-state index in [1.54, 1.807) is 6.08 Å². The summed E-state index contributed by atoms with van der Waals surface area (Å²) in [5.74, 6) is -0.0533. The third-order valence-corrected chi connectivity index (χ3v) is 19.3. The maximum Gasteiger partial charge on any atom is 0.305 e. The SMILES string of the molecule is CCCCC/C=C\C/C=C\CCCCCCCCCCCC(=O)OCCCCCCCCCCC/C=C\C/C=C\CCCCCCCCCCCCCCCCCC(=O)NC(CO)C(O)/C=C/CCCCCCCCCCCCCCCCCCCCCCCCC. The number of rotatable bonds is 78. The number of unbranched alkanes of at least 4 members (excludes halogenated alkanes) is 59. The Morgan fingerprint density at radius 1 is 0.304 bits per heavy atom. The Balaban J connectivity index is 3.41. The van der Waals surface area contributed by atoms with Gasteiger partial charge in [-0.1, -0.05) is 402 Å². The molecule has 2 atom stereocenters. The standard InChI is InChI=1S/C86H161NO5/c1-3-5-7-9-11-13-15-17-19-21-23-24-25-33-36-39-43-46-50-54-58-62-66-70-74-78-84(89)83(82-88)87-85(90)79-75-71-67-63-59-55-51-47-44-40-37-34-31-29-27-26-28-30-32-35-38-41-45-49-53-57-61-65-69-73-77-81-92-86(91)80-76-72-68-64-60-56-52-48-42-22-20-18-16-14-12-10-8-6-4-2/h12,14,18,20,28,30,35,38,74,78,83-84,88-89H,3-11,13,15-17,19,21-27,29,31-34,36-37,39-73,75-77,79-82H2,1-2H3,(H,87,90)/b14-12-,20-18-,30-28-,38-35-,78-74+. The van der Waals surface area contributed by atoms with Gasteiger partial charge in [-0.15, -0.1) is 0 Å². The second kappa shape index (κ2) is 81.0. The quantitative estimate of drug-likeness (QED) is 0.0320. The van der Waals surface area contributed by atoms with Gasteiger partial charge in [-0.3, -0.25) is 9.59 Å². The molecule has 0 aliphatic carbocycles. The number of carbonyl (C=O) groups is 2. The number of carbonyl (C=O) groups excluding carboxylic acids is 2. The Morgan fingerprint density at radius 3 is 0.848 bits per heavy atom. The van der Waals surface area contributed by atoms with Crippen LogP contribution in [0.15, 0.2) is 60.8 Å². The summed E-state index contributed by atoms with van der Waals surface area (Å²) in [4.78, 5) is 24.7. The van der Waals surface area contributed by atoms with Crippen LogP contribution in [0.1, 0.15) is 450 Å². The topological polar surface area (TPSA) is 95.9 Å². The highest BCUT2D eigenvalue weighted by Crippen LogP contribution is 2.20. The number of nitrogens with one attached hydrogen (secondary N) is 1. The number of amides is 1. The van der Waals surface area contributed by atoms with Crippen molar-refractivity contribution in [1.82, 2.24) is 5.32 Å². The number of ether oxygens (including phenoxy) is 1. The average molecular weight is 1290 g/mol. The second-order valence-electron chi connectivity index (χ2n) is 28.4. The van der Waals surface area contributed by atoms with Gasteiger partial charge in [-0.05, 0) is 96.3 Å². The van der Waals surface area contributed by atoms with Gasteiger partial charge >= 0.3 is 5.97 Å². The van der Waals surface area contributed by atoms with E-state index in [0.29, 0.717) is 19.4 Å². The van der Waals surface area contributed by atoms with Crippen LogP contribution in [0.3, 0.4) is 0 Å². The largest absolute Gasteiger partial charge is 0.466 e. The van der Waals surface area contributed by atoms with E-state index in [4.69, 9.17) is 4.74 Å². The highest BCUT2D eigenvalue weighted by atomic mass is 16.5. The Labute approximate surface area is 575 Å². The van der Waals surface area contributed by atoms with Gasteiger partial charge in [-0.2, -0.15) is 0 Å². The van der Waals surface area contributed by atoms with Gasteiger partial charge in [-0.25, -0.2) is 0 Å². The summed E-state index contributed by atoms with van der Waals surface area (Å²) < 4.78 is 5.51. The fourth-order valence-electron chi connectivity index (χ4n) is 12.9. The van der Waals surface area contributed by atoms with Gasteiger partial charge in [0.25, 0.3) is 0 Å². The highest BCUT2D eigenvalue weighted by Gasteiger charge is 2.18. The number of esters is 1. The van der Waals surface area contributed by atoms with Crippen LogP contribution < -0.4 is 5.32 Å². The smallest absolute Gasteiger partial charge is 0.305 e. The maximum atomic E-state index is 12.6. The molecule has 0 aromatic heterocycles. The van der Waals surface area contributed by atoms with Crippen LogP contribution in [0.4, 0.5) is 0 Å². The van der Waals surface area contributed by atoms with E-state index >= 15 is 0 Å².